The standard InChI is InChI=1S/C19H21NO2S/c1-19(2,3)18-13-16-11-7-8-12-17(16)20(18)23(21,22)14-15-9-5-4-6-10-15/h4-13H,14H2,1-3H3. The molecule has 0 aliphatic carbocycles. The Kier molecular flexibility index (Phi) is 3.80. The third-order valence-corrected chi connectivity index (χ3v) is 5.55. The summed E-state index contributed by atoms with van der Waals surface area (Å²) in [7, 11) is -3.49. The Bertz CT molecular complexity index is 932. The zero-order valence-corrected chi connectivity index (χ0v) is 14.5. The van der Waals surface area contributed by atoms with Crippen LogP contribution in [0.2, 0.25) is 0 Å². The second-order valence-electron chi connectivity index (χ2n) is 6.84. The van der Waals surface area contributed by atoms with Crippen LogP contribution in [0.4, 0.5) is 0 Å². The molecule has 3 nitrogen and oxygen atoms in total. The van der Waals surface area contributed by atoms with Crippen molar-refractivity contribution in [3.8, 4) is 0 Å². The molecule has 23 heavy (non-hydrogen) atoms. The topological polar surface area (TPSA) is 39.1 Å². The number of aromatic nitrogens is 1. The molecule has 0 N–H and O–H groups in total. The highest BCUT2D eigenvalue weighted by atomic mass is 32.2. The molecule has 120 valence electrons. The fourth-order valence-corrected chi connectivity index (χ4v) is 4.64. The minimum atomic E-state index is -3.49. The van der Waals surface area contributed by atoms with Gasteiger partial charge in [-0.1, -0.05) is 69.3 Å². The Morgan fingerprint density at radius 2 is 1.52 bits per heavy atom. The predicted octanol–water partition coefficient (Wildman–Crippen LogP) is 4.32. The van der Waals surface area contributed by atoms with Gasteiger partial charge in [0.25, 0.3) is 0 Å². The van der Waals surface area contributed by atoms with E-state index >= 15 is 0 Å². The molecule has 3 aromatic rings. The molecule has 0 spiro atoms. The molecule has 0 amide bonds. The van der Waals surface area contributed by atoms with Crippen molar-refractivity contribution < 1.29 is 8.42 Å². The maximum Gasteiger partial charge on any atom is 0.243 e. The molecular formula is C19H21NO2S. The molecule has 0 saturated carbocycles. The Labute approximate surface area is 137 Å². The van der Waals surface area contributed by atoms with E-state index in [4.69, 9.17) is 0 Å². The predicted molar refractivity (Wildman–Crippen MR) is 95.1 cm³/mol. The molecular weight excluding hydrogens is 306 g/mol. The summed E-state index contributed by atoms with van der Waals surface area (Å²) in [6.45, 7) is 6.11. The van der Waals surface area contributed by atoms with Crippen LogP contribution in [-0.4, -0.2) is 12.4 Å². The number of rotatable bonds is 3. The largest absolute Gasteiger partial charge is 0.243 e. The number of nitrogens with zero attached hydrogens (tertiary/aromatic N) is 1. The molecule has 1 heterocycles. The minimum absolute atomic E-state index is 0.00437. The SMILES string of the molecule is CC(C)(C)c1cc2ccccc2n1S(=O)(=O)Cc1ccccc1. The maximum absolute atomic E-state index is 13.1. The van der Waals surface area contributed by atoms with Crippen molar-refractivity contribution in [1.82, 2.24) is 3.97 Å². The number of para-hydroxylation sites is 1. The molecule has 1 aromatic heterocycles. The summed E-state index contributed by atoms with van der Waals surface area (Å²) < 4.78 is 27.7. The Morgan fingerprint density at radius 3 is 2.17 bits per heavy atom. The van der Waals surface area contributed by atoms with E-state index in [1.165, 1.54) is 3.97 Å². The Balaban J connectivity index is 2.21. The lowest BCUT2D eigenvalue weighted by atomic mass is 9.92. The van der Waals surface area contributed by atoms with E-state index in [1.807, 2.05) is 81.4 Å². The summed E-state index contributed by atoms with van der Waals surface area (Å²) in [5.41, 5.74) is 2.09. The van der Waals surface area contributed by atoms with E-state index in [0.29, 0.717) is 0 Å². The van der Waals surface area contributed by atoms with Crippen molar-refractivity contribution in [3.63, 3.8) is 0 Å². The zero-order chi connectivity index (χ0) is 16.7. The van der Waals surface area contributed by atoms with Crippen LogP contribution in [0, 0.1) is 0 Å². The van der Waals surface area contributed by atoms with Crippen molar-refractivity contribution in [3.05, 3.63) is 71.9 Å². The average molecular weight is 327 g/mol. The van der Waals surface area contributed by atoms with Gasteiger partial charge < -0.3 is 0 Å². The van der Waals surface area contributed by atoms with E-state index < -0.39 is 10.0 Å². The van der Waals surface area contributed by atoms with Crippen LogP contribution in [0.3, 0.4) is 0 Å². The van der Waals surface area contributed by atoms with E-state index in [0.717, 1.165) is 22.2 Å². The highest BCUT2D eigenvalue weighted by Gasteiger charge is 2.27. The van der Waals surface area contributed by atoms with Gasteiger partial charge in [-0.2, -0.15) is 0 Å². The third kappa shape index (κ3) is 3.04. The highest BCUT2D eigenvalue weighted by molar-refractivity contribution is 7.89. The van der Waals surface area contributed by atoms with Gasteiger partial charge >= 0.3 is 0 Å². The molecule has 2 aromatic carbocycles. The molecule has 3 rings (SSSR count). The summed E-state index contributed by atoms with van der Waals surface area (Å²) >= 11 is 0. The monoisotopic (exact) mass is 327 g/mol. The van der Waals surface area contributed by atoms with Crippen LogP contribution in [0.1, 0.15) is 32.0 Å². The van der Waals surface area contributed by atoms with Crippen LogP contribution in [0.15, 0.2) is 60.7 Å². The maximum atomic E-state index is 13.1. The molecule has 0 fully saturated rings. The van der Waals surface area contributed by atoms with Crippen molar-refractivity contribution >= 4 is 20.9 Å². The first-order valence-electron chi connectivity index (χ1n) is 7.67. The average Bonchev–Trinajstić information content (AvgIpc) is 2.88. The van der Waals surface area contributed by atoms with Crippen molar-refractivity contribution in [2.75, 3.05) is 0 Å². The van der Waals surface area contributed by atoms with Crippen LogP contribution < -0.4 is 0 Å². The van der Waals surface area contributed by atoms with Gasteiger partial charge in [-0.05, 0) is 17.7 Å². The van der Waals surface area contributed by atoms with Crippen LogP contribution in [0.5, 0.6) is 0 Å². The molecule has 4 heteroatoms. The first kappa shape index (κ1) is 15.8. The van der Waals surface area contributed by atoms with Crippen molar-refractivity contribution in [1.29, 1.82) is 0 Å². The van der Waals surface area contributed by atoms with Crippen LogP contribution in [0.25, 0.3) is 10.9 Å². The summed E-state index contributed by atoms with van der Waals surface area (Å²) in [6.07, 6.45) is 0. The minimum Gasteiger partial charge on any atom is -0.241 e. The number of fused-ring (bicyclic) bond motifs is 1. The van der Waals surface area contributed by atoms with Gasteiger partial charge in [0.2, 0.25) is 10.0 Å². The number of hydrogen-bond donors (Lipinski definition) is 0. The molecule has 0 aliphatic heterocycles. The lowest BCUT2D eigenvalue weighted by molar-refractivity contribution is 0.546. The van der Waals surface area contributed by atoms with E-state index in [2.05, 4.69) is 0 Å². The zero-order valence-electron chi connectivity index (χ0n) is 13.7. The normalized spacial score (nSPS) is 12.7. The summed E-state index contributed by atoms with van der Waals surface area (Å²) in [4.78, 5) is 0. The lowest BCUT2D eigenvalue weighted by Crippen LogP contribution is -2.24. The van der Waals surface area contributed by atoms with Crippen LogP contribution >= 0.6 is 0 Å². The highest BCUT2D eigenvalue weighted by Crippen LogP contribution is 2.31. The fourth-order valence-electron chi connectivity index (χ4n) is 2.80. The van der Waals surface area contributed by atoms with Gasteiger partial charge in [-0.25, -0.2) is 12.4 Å². The Morgan fingerprint density at radius 1 is 0.913 bits per heavy atom. The first-order chi connectivity index (χ1) is 10.8. The fraction of sp³-hybridized carbons (Fsp3) is 0.263. The molecule has 0 saturated heterocycles. The van der Waals surface area contributed by atoms with Gasteiger partial charge in [0.1, 0.15) is 0 Å². The molecule has 0 unspecified atom stereocenters. The lowest BCUT2D eigenvalue weighted by Gasteiger charge is -2.22. The molecule has 0 aliphatic rings. The first-order valence-corrected chi connectivity index (χ1v) is 9.28. The second kappa shape index (κ2) is 5.53. The smallest absolute Gasteiger partial charge is 0.241 e. The van der Waals surface area contributed by atoms with Gasteiger partial charge in [-0.3, -0.25) is 0 Å². The van der Waals surface area contributed by atoms with Crippen molar-refractivity contribution in [2.24, 2.45) is 0 Å². The van der Waals surface area contributed by atoms with Gasteiger partial charge in [0, 0.05) is 16.5 Å². The van der Waals surface area contributed by atoms with E-state index in [9.17, 15) is 8.42 Å². The van der Waals surface area contributed by atoms with Crippen molar-refractivity contribution in [2.45, 2.75) is 31.9 Å². The molecule has 0 radical (unpaired) electrons. The van der Waals surface area contributed by atoms with E-state index in [1.54, 1.807) is 0 Å². The van der Waals surface area contributed by atoms with Gasteiger partial charge in [-0.15, -0.1) is 0 Å². The number of hydrogen-bond acceptors (Lipinski definition) is 2. The summed E-state index contributed by atoms with van der Waals surface area (Å²) in [5.74, 6) is -0.00437. The van der Waals surface area contributed by atoms with Crippen LogP contribution in [-0.2, 0) is 21.2 Å². The Hall–Kier alpha value is -2.07. The second-order valence-corrected chi connectivity index (χ2v) is 8.66. The summed E-state index contributed by atoms with van der Waals surface area (Å²) in [5, 5.41) is 0.953. The third-order valence-electron chi connectivity index (χ3n) is 3.91. The van der Waals surface area contributed by atoms with Gasteiger partial charge in [0.05, 0.1) is 11.3 Å². The summed E-state index contributed by atoms with van der Waals surface area (Å²) in [6, 6.07) is 18.9. The quantitative estimate of drug-likeness (QED) is 0.719. The number of benzene rings is 2. The van der Waals surface area contributed by atoms with Gasteiger partial charge in [0.15, 0.2) is 0 Å². The molecule has 0 bridgehead atoms. The van der Waals surface area contributed by atoms with E-state index in [-0.39, 0.29) is 11.2 Å². The molecule has 0 atom stereocenters.